The van der Waals surface area contributed by atoms with Crippen molar-refractivity contribution in [2.45, 2.75) is 0 Å². The lowest BCUT2D eigenvalue weighted by atomic mass is 10.3. The lowest BCUT2D eigenvalue weighted by Crippen LogP contribution is -1.95. The van der Waals surface area contributed by atoms with Crippen molar-refractivity contribution in [3.8, 4) is 11.5 Å². The molecule has 2 aromatic rings. The Kier molecular flexibility index (Phi) is 2.78. The third kappa shape index (κ3) is 1.47. The third-order valence-electron chi connectivity index (χ3n) is 1.69. The average molecular weight is 342 g/mol. The van der Waals surface area contributed by atoms with E-state index in [9.17, 15) is 0 Å². The minimum Gasteiger partial charge on any atom is -0.335 e. The van der Waals surface area contributed by atoms with Crippen LogP contribution in [0, 0.1) is 0 Å². The smallest absolute Gasteiger partial charge is 0.228 e. The molecule has 0 aliphatic carbocycles. The largest absolute Gasteiger partial charge is 0.335 e. The Balaban J connectivity index is 2.90. The number of hydrogen-bond acceptors (Lipinski definition) is 7. The molecule has 80 valence electrons. The van der Waals surface area contributed by atoms with Crippen LogP contribution in [-0.4, -0.2) is 20.8 Å². The molecule has 0 amide bonds. The van der Waals surface area contributed by atoms with Crippen LogP contribution < -0.4 is 9.78 Å². The number of halogens is 2. The molecule has 7 nitrogen and oxygen atoms in total. The molecule has 1 aromatic carbocycles. The number of hydrogen-bond donors (Lipinski definition) is 2. The van der Waals surface area contributed by atoms with E-state index in [1.54, 1.807) is 0 Å². The third-order valence-corrected chi connectivity index (χ3v) is 3.16. The van der Waals surface area contributed by atoms with Crippen LogP contribution in [0.4, 0.5) is 0 Å². The number of fused-ring (bicyclic) bond motifs is 1. The fourth-order valence-corrected chi connectivity index (χ4v) is 2.08. The summed E-state index contributed by atoms with van der Waals surface area (Å²) in [6.07, 6.45) is 0. The van der Waals surface area contributed by atoms with Crippen molar-refractivity contribution in [1.29, 1.82) is 0 Å². The average Bonchev–Trinajstić information content (AvgIpc) is 2.72. The molecule has 1 aromatic heterocycles. The second-order valence-electron chi connectivity index (χ2n) is 2.43. The van der Waals surface area contributed by atoms with Gasteiger partial charge in [-0.3, -0.25) is 0 Å². The highest BCUT2D eigenvalue weighted by Crippen LogP contribution is 2.45. The molecule has 1 heterocycles. The van der Waals surface area contributed by atoms with E-state index in [4.69, 9.17) is 10.5 Å². The summed E-state index contributed by atoms with van der Waals surface area (Å²) >= 11 is 6.18. The molecule has 0 spiro atoms. The maximum Gasteiger partial charge on any atom is 0.228 e. The molecular weight excluding hydrogens is 340 g/mol. The van der Waals surface area contributed by atoms with Gasteiger partial charge in [-0.05, 0) is 42.2 Å². The van der Waals surface area contributed by atoms with Gasteiger partial charge in [-0.15, -0.1) is 0 Å². The van der Waals surface area contributed by atoms with Crippen molar-refractivity contribution < 1.29 is 24.9 Å². The first-order chi connectivity index (χ1) is 7.20. The molecule has 15 heavy (non-hydrogen) atoms. The van der Waals surface area contributed by atoms with Crippen LogP contribution >= 0.6 is 31.9 Å². The van der Waals surface area contributed by atoms with Gasteiger partial charge in [-0.25, -0.2) is 15.1 Å². The molecule has 9 heteroatoms. The van der Waals surface area contributed by atoms with E-state index < -0.39 is 0 Å². The fraction of sp³-hybridized carbons (Fsp3) is 0. The van der Waals surface area contributed by atoms with Gasteiger partial charge in [0.1, 0.15) is 0 Å². The van der Waals surface area contributed by atoms with Crippen LogP contribution in [-0.2, 0) is 0 Å². The van der Waals surface area contributed by atoms with Crippen molar-refractivity contribution in [3.05, 3.63) is 8.95 Å². The Hall–Kier alpha value is -0.900. The Bertz CT molecular complexity index is 470. The lowest BCUT2D eigenvalue weighted by Gasteiger charge is -2.06. The summed E-state index contributed by atoms with van der Waals surface area (Å²) in [4.78, 5) is 8.11. The van der Waals surface area contributed by atoms with Crippen molar-refractivity contribution in [2.75, 3.05) is 0 Å². The number of rotatable bonds is 2. The van der Waals surface area contributed by atoms with Crippen LogP contribution in [0.5, 0.6) is 11.5 Å². The molecular formula is C6H2Br2N2O5. The first-order valence-corrected chi connectivity index (χ1v) is 5.05. The molecule has 0 unspecified atom stereocenters. The predicted molar refractivity (Wildman–Crippen MR) is 53.7 cm³/mol. The molecule has 0 saturated heterocycles. The summed E-state index contributed by atoms with van der Waals surface area (Å²) in [5, 5.41) is 24.4. The Morgan fingerprint density at radius 1 is 0.933 bits per heavy atom. The van der Waals surface area contributed by atoms with Crippen LogP contribution in [0.25, 0.3) is 11.0 Å². The van der Waals surface area contributed by atoms with Gasteiger partial charge in [0, 0.05) is 0 Å². The predicted octanol–water partition coefficient (Wildman–Crippen LogP) is 2.45. The molecule has 0 saturated carbocycles. The van der Waals surface area contributed by atoms with E-state index in [2.05, 4.69) is 56.6 Å². The normalized spacial score (nSPS) is 10.7. The summed E-state index contributed by atoms with van der Waals surface area (Å²) in [6, 6.07) is 0. The number of nitrogens with zero attached hydrogens (tertiary/aromatic N) is 2. The Labute approximate surface area is 98.7 Å². The second-order valence-corrected chi connectivity index (χ2v) is 4.02. The highest BCUT2D eigenvalue weighted by molar-refractivity contribution is 9.11. The molecule has 0 bridgehead atoms. The molecule has 0 fully saturated rings. The zero-order valence-electron chi connectivity index (χ0n) is 6.77. The monoisotopic (exact) mass is 340 g/mol. The zero-order chi connectivity index (χ0) is 11.0. The molecule has 2 rings (SSSR count). The van der Waals surface area contributed by atoms with Crippen LogP contribution in [0.15, 0.2) is 13.6 Å². The standard InChI is InChI=1S/C6H2Br2N2O5/c7-1-3-4(10-15-9-3)2(8)6(14-12)5(1)13-11/h11-12H. The van der Waals surface area contributed by atoms with Gasteiger partial charge in [-0.2, -0.15) is 0 Å². The van der Waals surface area contributed by atoms with Crippen LogP contribution in [0.2, 0.25) is 0 Å². The molecule has 2 N–H and O–H groups in total. The van der Waals surface area contributed by atoms with E-state index in [1.807, 2.05) is 0 Å². The molecule has 0 radical (unpaired) electrons. The summed E-state index contributed by atoms with van der Waals surface area (Å²) in [7, 11) is 0. The maximum absolute atomic E-state index is 8.63. The van der Waals surface area contributed by atoms with Gasteiger partial charge in [0.25, 0.3) is 0 Å². The topological polar surface area (TPSA) is 97.8 Å². The summed E-state index contributed by atoms with van der Waals surface area (Å²) in [6.45, 7) is 0. The summed E-state index contributed by atoms with van der Waals surface area (Å²) in [5.41, 5.74) is 0.624. The quantitative estimate of drug-likeness (QED) is 0.639. The zero-order valence-corrected chi connectivity index (χ0v) is 9.94. The SMILES string of the molecule is OOc1c(OO)c(Br)c2nonc2c1Br. The minimum absolute atomic E-state index is 0.146. The van der Waals surface area contributed by atoms with Crippen molar-refractivity contribution in [1.82, 2.24) is 10.3 Å². The number of aromatic nitrogens is 2. The van der Waals surface area contributed by atoms with E-state index in [1.165, 1.54) is 0 Å². The van der Waals surface area contributed by atoms with Crippen molar-refractivity contribution in [2.24, 2.45) is 0 Å². The first kappa shape index (κ1) is 10.6. The first-order valence-electron chi connectivity index (χ1n) is 3.46. The molecule has 0 aliphatic heterocycles. The van der Waals surface area contributed by atoms with Crippen molar-refractivity contribution >= 4 is 42.9 Å². The Morgan fingerprint density at radius 3 is 1.67 bits per heavy atom. The molecule has 0 atom stereocenters. The van der Waals surface area contributed by atoms with Gasteiger partial charge < -0.3 is 9.78 Å². The van der Waals surface area contributed by atoms with E-state index in [0.29, 0.717) is 11.0 Å². The summed E-state index contributed by atoms with van der Waals surface area (Å²) < 4.78 is 4.98. The van der Waals surface area contributed by atoms with E-state index >= 15 is 0 Å². The highest BCUT2D eigenvalue weighted by atomic mass is 79.9. The van der Waals surface area contributed by atoms with Gasteiger partial charge in [0.2, 0.25) is 11.5 Å². The van der Waals surface area contributed by atoms with E-state index in [-0.39, 0.29) is 20.4 Å². The van der Waals surface area contributed by atoms with Crippen LogP contribution in [0.1, 0.15) is 0 Å². The van der Waals surface area contributed by atoms with Gasteiger partial charge >= 0.3 is 0 Å². The Morgan fingerprint density at radius 2 is 1.33 bits per heavy atom. The lowest BCUT2D eigenvalue weighted by molar-refractivity contribution is -0.164. The maximum atomic E-state index is 8.63. The molecule has 0 aliphatic rings. The van der Waals surface area contributed by atoms with Gasteiger partial charge in [0.05, 0.1) is 8.95 Å². The van der Waals surface area contributed by atoms with Gasteiger partial charge in [0.15, 0.2) is 11.0 Å². The summed E-state index contributed by atoms with van der Waals surface area (Å²) in [5.74, 6) is -0.292. The minimum atomic E-state index is -0.146. The van der Waals surface area contributed by atoms with Crippen molar-refractivity contribution in [3.63, 3.8) is 0 Å². The van der Waals surface area contributed by atoms with Gasteiger partial charge in [-0.1, -0.05) is 0 Å². The highest BCUT2D eigenvalue weighted by Gasteiger charge is 2.24. The number of benzene rings is 1. The second kappa shape index (κ2) is 3.93. The van der Waals surface area contributed by atoms with E-state index in [0.717, 1.165) is 0 Å². The van der Waals surface area contributed by atoms with Crippen LogP contribution in [0.3, 0.4) is 0 Å². The fourth-order valence-electron chi connectivity index (χ4n) is 1.05.